The standard InChI is InChI=1S/C13H18/c1-4-5-6-7-13-10-11(2)8-9-12(13)3/h11-13H,8-10H2,1-3H3/t11-,12+,13?/m0/s1. The van der Waals surface area contributed by atoms with E-state index in [-0.39, 0.29) is 0 Å². The highest BCUT2D eigenvalue weighted by molar-refractivity contribution is 5.26. The summed E-state index contributed by atoms with van der Waals surface area (Å²) in [4.78, 5) is 0. The first-order chi connectivity index (χ1) is 6.24. The lowest BCUT2D eigenvalue weighted by molar-refractivity contribution is 0.252. The minimum Gasteiger partial charge on any atom is -0.0925 e. The average molecular weight is 174 g/mol. The second-order valence-electron chi connectivity index (χ2n) is 4.15. The highest BCUT2D eigenvalue weighted by Gasteiger charge is 2.23. The van der Waals surface area contributed by atoms with E-state index in [1.165, 1.54) is 19.3 Å². The third-order valence-electron chi connectivity index (χ3n) is 2.90. The average Bonchev–Trinajstić information content (AvgIpc) is 2.11. The normalized spacial score (nSPS) is 32.4. The first-order valence-electron chi connectivity index (χ1n) is 5.16. The van der Waals surface area contributed by atoms with Crippen molar-refractivity contribution in [3.8, 4) is 23.7 Å². The van der Waals surface area contributed by atoms with Gasteiger partial charge in [-0.2, -0.15) is 0 Å². The van der Waals surface area contributed by atoms with E-state index in [0.29, 0.717) is 5.92 Å². The molecule has 70 valence electrons. The van der Waals surface area contributed by atoms with Crippen LogP contribution in [0.15, 0.2) is 0 Å². The molecule has 0 N–H and O–H groups in total. The molecule has 0 aromatic rings. The van der Waals surface area contributed by atoms with Gasteiger partial charge in [0.2, 0.25) is 0 Å². The first-order valence-corrected chi connectivity index (χ1v) is 5.16. The van der Waals surface area contributed by atoms with E-state index in [9.17, 15) is 0 Å². The lowest BCUT2D eigenvalue weighted by Crippen LogP contribution is -2.20. The van der Waals surface area contributed by atoms with Crippen LogP contribution in [0.5, 0.6) is 0 Å². The van der Waals surface area contributed by atoms with Crippen LogP contribution in [0.2, 0.25) is 0 Å². The summed E-state index contributed by atoms with van der Waals surface area (Å²) in [5.74, 6) is 14.1. The van der Waals surface area contributed by atoms with Crippen molar-refractivity contribution in [2.75, 3.05) is 0 Å². The monoisotopic (exact) mass is 174 g/mol. The van der Waals surface area contributed by atoms with Crippen molar-refractivity contribution in [3.05, 3.63) is 0 Å². The van der Waals surface area contributed by atoms with Gasteiger partial charge in [-0.1, -0.05) is 32.1 Å². The van der Waals surface area contributed by atoms with E-state index in [0.717, 1.165) is 11.8 Å². The van der Waals surface area contributed by atoms with E-state index in [1.54, 1.807) is 0 Å². The van der Waals surface area contributed by atoms with Gasteiger partial charge in [0.25, 0.3) is 0 Å². The van der Waals surface area contributed by atoms with Crippen LogP contribution in [-0.4, -0.2) is 0 Å². The number of rotatable bonds is 0. The van der Waals surface area contributed by atoms with Crippen LogP contribution >= 0.6 is 0 Å². The van der Waals surface area contributed by atoms with Gasteiger partial charge in [-0.05, 0) is 43.4 Å². The molecule has 0 aromatic carbocycles. The molecule has 0 heteroatoms. The maximum absolute atomic E-state index is 3.28. The minimum absolute atomic E-state index is 0.588. The van der Waals surface area contributed by atoms with Crippen LogP contribution in [0.4, 0.5) is 0 Å². The van der Waals surface area contributed by atoms with E-state index >= 15 is 0 Å². The summed E-state index contributed by atoms with van der Waals surface area (Å²) in [6.07, 6.45) is 3.97. The molecule has 0 aliphatic heterocycles. The summed E-state index contributed by atoms with van der Waals surface area (Å²) in [7, 11) is 0. The van der Waals surface area contributed by atoms with E-state index in [2.05, 4.69) is 37.5 Å². The molecule has 0 heterocycles. The molecule has 0 spiro atoms. The van der Waals surface area contributed by atoms with Gasteiger partial charge in [-0.15, -0.1) is 0 Å². The predicted molar refractivity (Wildman–Crippen MR) is 56.9 cm³/mol. The van der Waals surface area contributed by atoms with Crippen molar-refractivity contribution in [1.82, 2.24) is 0 Å². The molecule has 1 aliphatic rings. The molecule has 1 saturated carbocycles. The molecular weight excluding hydrogens is 156 g/mol. The topological polar surface area (TPSA) is 0 Å². The molecule has 0 aromatic heterocycles. The summed E-state index contributed by atoms with van der Waals surface area (Å²) in [6, 6.07) is 0. The third-order valence-corrected chi connectivity index (χ3v) is 2.90. The van der Waals surface area contributed by atoms with Crippen molar-refractivity contribution in [2.24, 2.45) is 17.8 Å². The van der Waals surface area contributed by atoms with E-state index < -0.39 is 0 Å². The molecule has 1 fully saturated rings. The Morgan fingerprint density at radius 3 is 2.54 bits per heavy atom. The van der Waals surface area contributed by atoms with Crippen molar-refractivity contribution in [3.63, 3.8) is 0 Å². The zero-order valence-corrected chi connectivity index (χ0v) is 8.85. The Morgan fingerprint density at radius 2 is 1.85 bits per heavy atom. The smallest absolute Gasteiger partial charge is 0.0241 e. The van der Waals surface area contributed by atoms with Crippen molar-refractivity contribution < 1.29 is 0 Å². The Labute approximate surface area is 82.1 Å². The Bertz CT molecular complexity index is 266. The number of hydrogen-bond donors (Lipinski definition) is 0. The van der Waals surface area contributed by atoms with Gasteiger partial charge in [0.15, 0.2) is 0 Å². The van der Waals surface area contributed by atoms with Gasteiger partial charge in [0.05, 0.1) is 0 Å². The van der Waals surface area contributed by atoms with Crippen molar-refractivity contribution in [1.29, 1.82) is 0 Å². The maximum atomic E-state index is 3.28. The lowest BCUT2D eigenvalue weighted by Gasteiger charge is -2.28. The largest absolute Gasteiger partial charge is 0.0925 e. The highest BCUT2D eigenvalue weighted by atomic mass is 14.3. The molecule has 0 saturated heterocycles. The molecule has 3 atom stereocenters. The van der Waals surface area contributed by atoms with Gasteiger partial charge in [-0.3, -0.25) is 0 Å². The van der Waals surface area contributed by atoms with Crippen LogP contribution < -0.4 is 0 Å². The number of hydrogen-bond acceptors (Lipinski definition) is 0. The van der Waals surface area contributed by atoms with Crippen LogP contribution in [0.1, 0.15) is 40.0 Å². The predicted octanol–water partition coefficient (Wildman–Crippen LogP) is 3.09. The molecule has 13 heavy (non-hydrogen) atoms. The van der Waals surface area contributed by atoms with Crippen molar-refractivity contribution >= 4 is 0 Å². The van der Waals surface area contributed by atoms with E-state index in [4.69, 9.17) is 0 Å². The minimum atomic E-state index is 0.588. The SMILES string of the molecule is CC#CC#CC1C[C@@H](C)CC[C@H]1C. The van der Waals surface area contributed by atoms with Crippen LogP contribution in [0.25, 0.3) is 0 Å². The molecule has 1 rings (SSSR count). The second-order valence-corrected chi connectivity index (χ2v) is 4.15. The van der Waals surface area contributed by atoms with Gasteiger partial charge >= 0.3 is 0 Å². The van der Waals surface area contributed by atoms with Crippen LogP contribution in [0, 0.1) is 41.4 Å². The summed E-state index contributed by atoms with van der Waals surface area (Å²) >= 11 is 0. The van der Waals surface area contributed by atoms with Gasteiger partial charge < -0.3 is 0 Å². The molecule has 0 bridgehead atoms. The molecule has 0 radical (unpaired) electrons. The maximum Gasteiger partial charge on any atom is 0.0241 e. The Hall–Kier alpha value is -0.880. The highest BCUT2D eigenvalue weighted by Crippen LogP contribution is 2.32. The van der Waals surface area contributed by atoms with Crippen LogP contribution in [-0.2, 0) is 0 Å². The molecular formula is C13H18. The summed E-state index contributed by atoms with van der Waals surface area (Å²) < 4.78 is 0. The molecule has 0 amide bonds. The fraction of sp³-hybridized carbons (Fsp3) is 0.692. The van der Waals surface area contributed by atoms with E-state index in [1.807, 2.05) is 6.92 Å². The fourth-order valence-electron chi connectivity index (χ4n) is 1.92. The van der Waals surface area contributed by atoms with Crippen molar-refractivity contribution in [2.45, 2.75) is 40.0 Å². The molecule has 0 nitrogen and oxygen atoms in total. The quantitative estimate of drug-likeness (QED) is 0.495. The Balaban J connectivity index is 2.55. The van der Waals surface area contributed by atoms with Gasteiger partial charge in [0.1, 0.15) is 0 Å². The fourth-order valence-corrected chi connectivity index (χ4v) is 1.92. The summed E-state index contributed by atoms with van der Waals surface area (Å²) in [6.45, 7) is 6.47. The Kier molecular flexibility index (Phi) is 3.91. The zero-order chi connectivity index (χ0) is 9.68. The third kappa shape index (κ3) is 3.16. The van der Waals surface area contributed by atoms with Crippen LogP contribution in [0.3, 0.4) is 0 Å². The summed E-state index contributed by atoms with van der Waals surface area (Å²) in [5, 5.41) is 0. The summed E-state index contributed by atoms with van der Waals surface area (Å²) in [5.41, 5.74) is 0. The van der Waals surface area contributed by atoms with Gasteiger partial charge in [0, 0.05) is 5.92 Å². The second kappa shape index (κ2) is 4.98. The molecule has 1 aliphatic carbocycles. The Morgan fingerprint density at radius 1 is 1.08 bits per heavy atom. The first kappa shape index (κ1) is 10.2. The molecule has 1 unspecified atom stereocenters. The van der Waals surface area contributed by atoms with Gasteiger partial charge in [-0.25, -0.2) is 0 Å². The lowest BCUT2D eigenvalue weighted by atomic mass is 9.76. The zero-order valence-electron chi connectivity index (χ0n) is 8.85.